The van der Waals surface area contributed by atoms with E-state index in [1.165, 1.54) is 25.4 Å². The number of carbonyl (C=O) groups excluding carboxylic acids is 1. The number of carbonyl (C=O) groups is 1. The Kier molecular flexibility index (Phi) is 6.39. The Balaban J connectivity index is 1.49. The maximum atomic E-state index is 12.7. The van der Waals surface area contributed by atoms with Crippen molar-refractivity contribution in [3.8, 4) is 0 Å². The lowest BCUT2D eigenvalue weighted by molar-refractivity contribution is 0.0949. The zero-order chi connectivity index (χ0) is 24.3. The van der Waals surface area contributed by atoms with Gasteiger partial charge in [-0.1, -0.05) is 30.3 Å². The molecule has 2 heterocycles. The van der Waals surface area contributed by atoms with Crippen molar-refractivity contribution in [2.75, 3.05) is 0 Å². The number of hydrogen-bond donors (Lipinski definition) is 2. The zero-order valence-corrected chi connectivity index (χ0v) is 19.2. The molecule has 10 nitrogen and oxygen atoms in total. The summed E-state index contributed by atoms with van der Waals surface area (Å²) in [5, 5.41) is 8.97. The van der Waals surface area contributed by atoms with Crippen molar-refractivity contribution in [1.82, 2.24) is 19.9 Å². The number of sulfonamides is 1. The van der Waals surface area contributed by atoms with Gasteiger partial charge in [0.2, 0.25) is 10.0 Å². The predicted octanol–water partition coefficient (Wildman–Crippen LogP) is 2.16. The normalized spacial score (nSPS) is 12.1. The predicted molar refractivity (Wildman–Crippen MR) is 126 cm³/mol. The number of aromatic nitrogens is 2. The Labute approximate surface area is 195 Å². The SMILES string of the molecule is C/C(=N\NC(=O)c1nn(C)c(=O)c2ccccc12)c1ccc(S(=O)(=O)NCc2ccco2)cc1. The minimum Gasteiger partial charge on any atom is -0.468 e. The standard InChI is InChI=1S/C23H21N5O5S/c1-15(16-9-11-18(12-10-16)34(31,32)24-14-17-6-5-13-33-17)25-26-22(29)21-19-7-3-4-8-20(19)23(30)28(2)27-21/h3-13,24H,14H2,1-2H3,(H,26,29)/b25-15+. The van der Waals surface area contributed by atoms with Crippen LogP contribution in [0.2, 0.25) is 0 Å². The van der Waals surface area contributed by atoms with Crippen LogP contribution in [0, 0.1) is 0 Å². The van der Waals surface area contributed by atoms with Crippen molar-refractivity contribution >= 4 is 32.4 Å². The van der Waals surface area contributed by atoms with Gasteiger partial charge in [-0.3, -0.25) is 9.59 Å². The molecular weight excluding hydrogens is 458 g/mol. The van der Waals surface area contributed by atoms with Gasteiger partial charge in [0.05, 0.1) is 28.8 Å². The molecule has 174 valence electrons. The van der Waals surface area contributed by atoms with E-state index in [0.717, 1.165) is 4.68 Å². The van der Waals surface area contributed by atoms with Gasteiger partial charge in [0, 0.05) is 12.4 Å². The lowest BCUT2D eigenvalue weighted by Gasteiger charge is -2.08. The second kappa shape index (κ2) is 9.41. The molecule has 2 N–H and O–H groups in total. The smallest absolute Gasteiger partial charge is 0.292 e. The van der Waals surface area contributed by atoms with Gasteiger partial charge < -0.3 is 4.42 Å². The van der Waals surface area contributed by atoms with E-state index in [1.807, 2.05) is 0 Å². The van der Waals surface area contributed by atoms with Crippen molar-refractivity contribution < 1.29 is 17.6 Å². The van der Waals surface area contributed by atoms with E-state index in [0.29, 0.717) is 27.8 Å². The highest BCUT2D eigenvalue weighted by atomic mass is 32.2. The molecule has 0 radical (unpaired) electrons. The molecule has 0 saturated carbocycles. The number of aryl methyl sites for hydroxylation is 1. The summed E-state index contributed by atoms with van der Waals surface area (Å²) in [5.41, 5.74) is 3.28. The number of benzene rings is 2. The highest BCUT2D eigenvalue weighted by Crippen LogP contribution is 2.14. The van der Waals surface area contributed by atoms with Crippen molar-refractivity contribution in [3.05, 3.63) is 94.3 Å². The number of furan rings is 1. The van der Waals surface area contributed by atoms with Crippen LogP contribution in [0.15, 0.2) is 86.1 Å². The van der Waals surface area contributed by atoms with Crippen LogP contribution in [0.25, 0.3) is 10.8 Å². The number of nitrogens with one attached hydrogen (secondary N) is 2. The van der Waals surface area contributed by atoms with Crippen LogP contribution in [0.5, 0.6) is 0 Å². The van der Waals surface area contributed by atoms with Gasteiger partial charge in [0.1, 0.15) is 5.76 Å². The van der Waals surface area contributed by atoms with Gasteiger partial charge in [0.25, 0.3) is 11.5 Å². The molecule has 11 heteroatoms. The summed E-state index contributed by atoms with van der Waals surface area (Å²) < 4.78 is 33.6. The van der Waals surface area contributed by atoms with Gasteiger partial charge in [0.15, 0.2) is 5.69 Å². The lowest BCUT2D eigenvalue weighted by Crippen LogP contribution is -2.27. The Morgan fingerprint density at radius 3 is 2.44 bits per heavy atom. The van der Waals surface area contributed by atoms with Crippen molar-refractivity contribution in [3.63, 3.8) is 0 Å². The molecule has 34 heavy (non-hydrogen) atoms. The highest BCUT2D eigenvalue weighted by molar-refractivity contribution is 7.89. The largest absolute Gasteiger partial charge is 0.468 e. The fourth-order valence-corrected chi connectivity index (χ4v) is 4.25. The van der Waals surface area contributed by atoms with E-state index >= 15 is 0 Å². The second-order valence-electron chi connectivity index (χ2n) is 7.39. The molecule has 2 aromatic carbocycles. The van der Waals surface area contributed by atoms with Crippen LogP contribution >= 0.6 is 0 Å². The molecule has 0 aliphatic rings. The molecule has 0 unspecified atom stereocenters. The first-order valence-corrected chi connectivity index (χ1v) is 11.7. The molecule has 4 rings (SSSR count). The highest BCUT2D eigenvalue weighted by Gasteiger charge is 2.16. The van der Waals surface area contributed by atoms with Crippen molar-refractivity contribution in [2.45, 2.75) is 18.4 Å². The topological polar surface area (TPSA) is 136 Å². The fraction of sp³-hybridized carbons (Fsp3) is 0.130. The summed E-state index contributed by atoms with van der Waals surface area (Å²) in [6, 6.07) is 16.1. The van der Waals surface area contributed by atoms with E-state index in [4.69, 9.17) is 4.42 Å². The molecule has 2 aromatic heterocycles. The molecule has 0 aliphatic heterocycles. The molecule has 0 saturated heterocycles. The number of fused-ring (bicyclic) bond motifs is 1. The van der Waals surface area contributed by atoms with Crippen LogP contribution < -0.4 is 15.7 Å². The Bertz CT molecular complexity index is 1540. The average Bonchev–Trinajstić information content (AvgIpc) is 3.37. The number of nitrogens with zero attached hydrogens (tertiary/aromatic N) is 3. The zero-order valence-electron chi connectivity index (χ0n) is 18.3. The van der Waals surface area contributed by atoms with E-state index in [9.17, 15) is 18.0 Å². The van der Waals surface area contributed by atoms with Crippen LogP contribution in [-0.2, 0) is 23.6 Å². The molecular formula is C23H21N5O5S. The summed E-state index contributed by atoms with van der Waals surface area (Å²) in [6.45, 7) is 1.71. The first-order valence-electron chi connectivity index (χ1n) is 10.2. The Morgan fingerprint density at radius 2 is 1.76 bits per heavy atom. The quantitative estimate of drug-likeness (QED) is 0.308. The van der Waals surface area contributed by atoms with Crippen LogP contribution in [-0.4, -0.2) is 29.8 Å². The molecule has 0 bridgehead atoms. The van der Waals surface area contributed by atoms with Crippen molar-refractivity contribution in [1.29, 1.82) is 0 Å². The summed E-state index contributed by atoms with van der Waals surface area (Å²) in [5.74, 6) is -0.0767. The Morgan fingerprint density at radius 1 is 1.06 bits per heavy atom. The molecule has 1 amide bonds. The van der Waals surface area contributed by atoms with Gasteiger partial charge in [-0.2, -0.15) is 10.2 Å². The fourth-order valence-electron chi connectivity index (χ4n) is 3.26. The molecule has 0 fully saturated rings. The molecule has 0 spiro atoms. The third-order valence-electron chi connectivity index (χ3n) is 5.10. The van der Waals surface area contributed by atoms with Gasteiger partial charge >= 0.3 is 0 Å². The Hall–Kier alpha value is -4.09. The first kappa shape index (κ1) is 23.1. The lowest BCUT2D eigenvalue weighted by atomic mass is 10.1. The molecule has 4 aromatic rings. The van der Waals surface area contributed by atoms with Gasteiger partial charge in [-0.25, -0.2) is 23.2 Å². The van der Waals surface area contributed by atoms with Crippen LogP contribution in [0.4, 0.5) is 0 Å². The number of hydrazone groups is 1. The second-order valence-corrected chi connectivity index (χ2v) is 9.16. The van der Waals surface area contributed by atoms with Crippen molar-refractivity contribution in [2.24, 2.45) is 12.1 Å². The third-order valence-corrected chi connectivity index (χ3v) is 6.51. The average molecular weight is 480 g/mol. The van der Waals surface area contributed by atoms with E-state index in [-0.39, 0.29) is 22.7 Å². The summed E-state index contributed by atoms with van der Waals surface area (Å²) in [4.78, 5) is 25.0. The number of hydrogen-bond acceptors (Lipinski definition) is 7. The van der Waals surface area contributed by atoms with Crippen LogP contribution in [0.3, 0.4) is 0 Å². The number of amides is 1. The minimum absolute atomic E-state index is 0.0391. The first-order chi connectivity index (χ1) is 16.3. The van der Waals surface area contributed by atoms with E-state index in [1.54, 1.807) is 55.5 Å². The van der Waals surface area contributed by atoms with E-state index in [2.05, 4.69) is 20.3 Å². The van der Waals surface area contributed by atoms with Crippen LogP contribution in [0.1, 0.15) is 28.7 Å². The summed E-state index contributed by atoms with van der Waals surface area (Å²) in [6.07, 6.45) is 1.47. The summed E-state index contributed by atoms with van der Waals surface area (Å²) in [7, 11) is -2.25. The van der Waals surface area contributed by atoms with Gasteiger partial charge in [-0.15, -0.1) is 0 Å². The molecule has 0 atom stereocenters. The molecule has 0 aliphatic carbocycles. The maximum absolute atomic E-state index is 12.7. The number of rotatable bonds is 7. The maximum Gasteiger partial charge on any atom is 0.292 e. The minimum atomic E-state index is -3.72. The van der Waals surface area contributed by atoms with Gasteiger partial charge in [-0.05, 0) is 42.8 Å². The van der Waals surface area contributed by atoms with E-state index < -0.39 is 15.9 Å². The third kappa shape index (κ3) is 4.80. The summed E-state index contributed by atoms with van der Waals surface area (Å²) >= 11 is 0. The monoisotopic (exact) mass is 479 g/mol.